The number of methoxy groups -OCH3 is 1. The van der Waals surface area contributed by atoms with Gasteiger partial charge in [-0.2, -0.15) is 0 Å². The molecule has 0 aliphatic carbocycles. The zero-order valence-electron chi connectivity index (χ0n) is 27.1. The van der Waals surface area contributed by atoms with E-state index in [1.165, 1.54) is 33.4 Å². The first-order valence-corrected chi connectivity index (χ1v) is 16.7. The average molecular weight is 602 g/mol. The number of benzene rings is 3. The maximum absolute atomic E-state index is 6.96. The summed E-state index contributed by atoms with van der Waals surface area (Å²) in [6, 6.07) is 26.5. The van der Waals surface area contributed by atoms with Gasteiger partial charge in [-0.3, -0.25) is 14.7 Å². The summed E-state index contributed by atoms with van der Waals surface area (Å²) < 4.78 is 18.2. The summed E-state index contributed by atoms with van der Waals surface area (Å²) in [5, 5.41) is 0. The van der Waals surface area contributed by atoms with Crippen molar-refractivity contribution in [2.45, 2.75) is 44.9 Å². The van der Waals surface area contributed by atoms with E-state index in [9.17, 15) is 0 Å². The fourth-order valence-electron chi connectivity index (χ4n) is 7.23. The van der Waals surface area contributed by atoms with Crippen molar-refractivity contribution in [3.63, 3.8) is 0 Å². The first-order valence-electron chi connectivity index (χ1n) is 15.9. The fourth-order valence-corrected chi connectivity index (χ4v) is 7.94. The molecular weight excluding hydrogens is 551 g/mol. The maximum Gasteiger partial charge on any atom is 0.164 e. The molecule has 2 aliphatic rings. The molecule has 232 valence electrons. The van der Waals surface area contributed by atoms with Crippen molar-refractivity contribution in [3.8, 4) is 11.1 Å². The van der Waals surface area contributed by atoms with Gasteiger partial charge in [0.2, 0.25) is 0 Å². The Morgan fingerprint density at radius 3 is 2.12 bits per heavy atom. The lowest BCUT2D eigenvalue weighted by molar-refractivity contribution is -0.0795. The molecule has 0 bridgehead atoms. The first-order chi connectivity index (χ1) is 20.8. The van der Waals surface area contributed by atoms with Crippen molar-refractivity contribution in [1.82, 2.24) is 14.7 Å². The van der Waals surface area contributed by atoms with Gasteiger partial charge in [-0.05, 0) is 34.6 Å². The highest BCUT2D eigenvalue weighted by Gasteiger charge is 2.44. The molecule has 7 heteroatoms. The molecule has 5 rings (SSSR count). The number of hydrogen-bond acceptors (Lipinski definition) is 6. The maximum atomic E-state index is 6.96. The SMILES string of the molecule is COC[C@@H]1CN(CCN2CCN(C(O[SiH3])(c3ccccc3)c3ccc(C)c(C(C)(C)C)c3-c3ccccc3)CC2)CCO1. The standard InChI is InChI=1S/C36H51N3O3Si/c1-28-16-17-32(33(34(28)35(2,3)4)29-12-8-6-9-13-29)36(42-43,30-14-10-7-11-15-30)39-22-20-37(21-23-39)18-19-38-24-25-41-31(26-38)27-40-5/h6-17,31H,18-27H2,1-5,43H3/t31-,36?/m0/s1. The number of rotatable bonds is 10. The lowest BCUT2D eigenvalue weighted by atomic mass is 9.74. The fraction of sp³-hybridized carbons (Fsp3) is 0.500. The van der Waals surface area contributed by atoms with Crippen molar-refractivity contribution in [2.75, 3.05) is 72.7 Å². The molecule has 0 N–H and O–H groups in total. The van der Waals surface area contributed by atoms with E-state index < -0.39 is 5.72 Å². The third-order valence-corrected chi connectivity index (χ3v) is 9.77. The van der Waals surface area contributed by atoms with Crippen LogP contribution in [0.25, 0.3) is 11.1 Å². The van der Waals surface area contributed by atoms with Crippen LogP contribution in [0.2, 0.25) is 0 Å². The zero-order valence-corrected chi connectivity index (χ0v) is 29.1. The lowest BCUT2D eigenvalue weighted by Gasteiger charge is -2.49. The summed E-state index contributed by atoms with van der Waals surface area (Å²) in [5.41, 5.74) is 7.06. The molecule has 3 aromatic rings. The minimum absolute atomic E-state index is 0.0285. The number of aryl methyl sites for hydroxylation is 1. The molecule has 6 nitrogen and oxygen atoms in total. The molecule has 2 atom stereocenters. The topological polar surface area (TPSA) is 37.4 Å². The zero-order chi connectivity index (χ0) is 30.5. The van der Waals surface area contributed by atoms with Gasteiger partial charge in [0.1, 0.15) is 10.5 Å². The van der Waals surface area contributed by atoms with Crippen LogP contribution >= 0.6 is 0 Å². The van der Waals surface area contributed by atoms with Crippen LogP contribution in [0.4, 0.5) is 0 Å². The quantitative estimate of drug-likeness (QED) is 0.321. The molecule has 1 unspecified atom stereocenters. The van der Waals surface area contributed by atoms with E-state index in [4.69, 9.17) is 13.9 Å². The molecule has 2 aliphatic heterocycles. The highest BCUT2D eigenvalue weighted by molar-refractivity contribution is 5.98. The molecule has 0 radical (unpaired) electrons. The van der Waals surface area contributed by atoms with E-state index in [1.807, 2.05) is 0 Å². The van der Waals surface area contributed by atoms with Crippen molar-refractivity contribution in [1.29, 1.82) is 0 Å². The molecule has 2 saturated heterocycles. The van der Waals surface area contributed by atoms with Crippen LogP contribution in [-0.4, -0.2) is 104 Å². The Labute approximate surface area is 262 Å². The predicted octanol–water partition coefficient (Wildman–Crippen LogP) is 4.42. The third kappa shape index (κ3) is 6.99. The molecule has 0 saturated carbocycles. The van der Waals surface area contributed by atoms with Crippen molar-refractivity contribution >= 4 is 10.5 Å². The Balaban J connectivity index is 1.48. The number of hydrogen-bond donors (Lipinski definition) is 0. The number of piperazine rings is 1. The van der Waals surface area contributed by atoms with Crippen molar-refractivity contribution < 1.29 is 13.9 Å². The molecule has 3 aromatic carbocycles. The predicted molar refractivity (Wildman–Crippen MR) is 180 cm³/mol. The highest BCUT2D eigenvalue weighted by atomic mass is 28.2. The minimum Gasteiger partial charge on any atom is -0.403 e. The Kier molecular flexibility index (Phi) is 10.6. The minimum atomic E-state index is -0.657. The van der Waals surface area contributed by atoms with E-state index in [1.54, 1.807) is 7.11 Å². The molecular formula is C36H51N3O3Si. The van der Waals surface area contributed by atoms with Crippen LogP contribution in [0.15, 0.2) is 72.8 Å². The van der Waals surface area contributed by atoms with E-state index in [-0.39, 0.29) is 11.5 Å². The van der Waals surface area contributed by atoms with Crippen molar-refractivity contribution in [2.24, 2.45) is 0 Å². The van der Waals surface area contributed by atoms with Gasteiger partial charge < -0.3 is 13.9 Å². The third-order valence-electron chi connectivity index (χ3n) is 9.18. The first kappa shape index (κ1) is 32.0. The number of morpholine rings is 1. The second kappa shape index (κ2) is 14.2. The highest BCUT2D eigenvalue weighted by Crippen LogP contribution is 2.46. The van der Waals surface area contributed by atoms with Gasteiger partial charge in [0.15, 0.2) is 5.72 Å². The van der Waals surface area contributed by atoms with Gasteiger partial charge >= 0.3 is 0 Å². The summed E-state index contributed by atoms with van der Waals surface area (Å²) >= 11 is 0. The number of ether oxygens (including phenoxy) is 2. The monoisotopic (exact) mass is 601 g/mol. The Bertz CT molecular complexity index is 1310. The summed E-state index contributed by atoms with van der Waals surface area (Å²) in [6.45, 7) is 18.7. The Morgan fingerprint density at radius 2 is 1.49 bits per heavy atom. The van der Waals surface area contributed by atoms with E-state index >= 15 is 0 Å². The van der Waals surface area contributed by atoms with Gasteiger partial charge in [0, 0.05) is 70.6 Å². The molecule has 0 amide bonds. The largest absolute Gasteiger partial charge is 0.403 e. The second-order valence-electron chi connectivity index (χ2n) is 13.1. The van der Waals surface area contributed by atoms with Crippen LogP contribution in [0.5, 0.6) is 0 Å². The van der Waals surface area contributed by atoms with Crippen LogP contribution in [0.3, 0.4) is 0 Å². The van der Waals surface area contributed by atoms with Gasteiger partial charge in [0.25, 0.3) is 0 Å². The Hall–Kier alpha value is -2.36. The normalized spacial score (nSPS) is 20.7. The molecule has 2 fully saturated rings. The average Bonchev–Trinajstić information content (AvgIpc) is 3.02. The lowest BCUT2D eigenvalue weighted by Crippen LogP contribution is -2.58. The van der Waals surface area contributed by atoms with Crippen molar-refractivity contribution in [3.05, 3.63) is 95.1 Å². The Morgan fingerprint density at radius 1 is 0.837 bits per heavy atom. The molecule has 2 heterocycles. The number of nitrogens with zero attached hydrogens (tertiary/aromatic N) is 3. The van der Waals surface area contributed by atoms with Crippen LogP contribution < -0.4 is 0 Å². The smallest absolute Gasteiger partial charge is 0.164 e. The van der Waals surface area contributed by atoms with E-state index in [0.29, 0.717) is 17.1 Å². The van der Waals surface area contributed by atoms with E-state index in [0.717, 1.165) is 59.0 Å². The molecule has 43 heavy (non-hydrogen) atoms. The summed E-state index contributed by atoms with van der Waals surface area (Å²) in [6.07, 6.45) is 0.180. The van der Waals surface area contributed by atoms with E-state index in [2.05, 4.69) is 115 Å². The van der Waals surface area contributed by atoms with Gasteiger partial charge in [0.05, 0.1) is 19.3 Å². The second-order valence-corrected chi connectivity index (χ2v) is 13.5. The summed E-state index contributed by atoms with van der Waals surface area (Å²) in [7, 11) is 2.36. The summed E-state index contributed by atoms with van der Waals surface area (Å²) in [4.78, 5) is 7.76. The van der Waals surface area contributed by atoms with Gasteiger partial charge in [-0.25, -0.2) is 0 Å². The molecule has 0 spiro atoms. The van der Waals surface area contributed by atoms with Gasteiger partial charge in [-0.1, -0.05) is 93.6 Å². The van der Waals surface area contributed by atoms with Gasteiger partial charge in [-0.15, -0.1) is 0 Å². The van der Waals surface area contributed by atoms with Crippen LogP contribution in [0.1, 0.15) is 43.0 Å². The molecule has 0 aromatic heterocycles. The summed E-state index contributed by atoms with van der Waals surface area (Å²) in [5.74, 6) is 0. The van der Waals surface area contributed by atoms with Crippen LogP contribution in [-0.2, 0) is 25.0 Å². The van der Waals surface area contributed by atoms with Crippen LogP contribution in [0, 0.1) is 6.92 Å².